The number of aliphatic hydroxyl groups is 1. The standard InChI is InChI=1S/C9H17NO4/c1-5(4-11)10-8(12)6(2)7(3)9(13)14/h5-7,11H,4H2,1-3H3,(H,10,12)(H,13,14). The third-order valence-corrected chi connectivity index (χ3v) is 2.22. The Hall–Kier alpha value is -1.10. The second kappa shape index (κ2) is 5.59. The quantitative estimate of drug-likeness (QED) is 0.579. The van der Waals surface area contributed by atoms with E-state index in [1.807, 2.05) is 0 Å². The third-order valence-electron chi connectivity index (χ3n) is 2.22. The zero-order chi connectivity index (χ0) is 11.3. The molecule has 3 unspecified atom stereocenters. The van der Waals surface area contributed by atoms with E-state index in [-0.39, 0.29) is 18.6 Å². The van der Waals surface area contributed by atoms with E-state index < -0.39 is 17.8 Å². The fraction of sp³-hybridized carbons (Fsp3) is 0.778. The maximum atomic E-state index is 11.4. The summed E-state index contributed by atoms with van der Waals surface area (Å²) < 4.78 is 0. The molecule has 0 radical (unpaired) electrons. The largest absolute Gasteiger partial charge is 0.481 e. The summed E-state index contributed by atoms with van der Waals surface area (Å²) in [5.74, 6) is -2.66. The van der Waals surface area contributed by atoms with E-state index in [1.54, 1.807) is 13.8 Å². The number of aliphatic carboxylic acids is 1. The van der Waals surface area contributed by atoms with E-state index in [4.69, 9.17) is 10.2 Å². The summed E-state index contributed by atoms with van der Waals surface area (Å²) in [6.45, 7) is 4.53. The van der Waals surface area contributed by atoms with Gasteiger partial charge >= 0.3 is 5.97 Å². The Labute approximate surface area is 83.1 Å². The van der Waals surface area contributed by atoms with Crippen LogP contribution in [-0.4, -0.2) is 34.7 Å². The van der Waals surface area contributed by atoms with Gasteiger partial charge < -0.3 is 15.5 Å². The molecule has 3 N–H and O–H groups in total. The van der Waals surface area contributed by atoms with Gasteiger partial charge in [-0.15, -0.1) is 0 Å². The lowest BCUT2D eigenvalue weighted by Gasteiger charge is -2.18. The van der Waals surface area contributed by atoms with Crippen LogP contribution in [0.25, 0.3) is 0 Å². The summed E-state index contributed by atoms with van der Waals surface area (Å²) in [5, 5.41) is 19.9. The second-order valence-electron chi connectivity index (χ2n) is 3.51. The van der Waals surface area contributed by atoms with Gasteiger partial charge in [0.15, 0.2) is 0 Å². The lowest BCUT2D eigenvalue weighted by atomic mass is 9.95. The SMILES string of the molecule is CC(CO)NC(=O)C(C)C(C)C(=O)O. The first-order chi connectivity index (χ1) is 6.40. The van der Waals surface area contributed by atoms with Gasteiger partial charge in [0, 0.05) is 12.0 Å². The zero-order valence-electron chi connectivity index (χ0n) is 8.65. The lowest BCUT2D eigenvalue weighted by Crippen LogP contribution is -2.41. The van der Waals surface area contributed by atoms with Crippen LogP contribution in [0.1, 0.15) is 20.8 Å². The van der Waals surface area contributed by atoms with Crippen LogP contribution >= 0.6 is 0 Å². The summed E-state index contributed by atoms with van der Waals surface area (Å²) in [6.07, 6.45) is 0. The van der Waals surface area contributed by atoms with Gasteiger partial charge in [-0.3, -0.25) is 9.59 Å². The van der Waals surface area contributed by atoms with Crippen molar-refractivity contribution >= 4 is 11.9 Å². The van der Waals surface area contributed by atoms with Gasteiger partial charge in [0.1, 0.15) is 0 Å². The predicted octanol–water partition coefficient (Wildman–Crippen LogP) is -0.160. The molecule has 0 bridgehead atoms. The maximum Gasteiger partial charge on any atom is 0.307 e. The number of carboxylic acids is 1. The molecule has 0 fully saturated rings. The number of aliphatic hydroxyl groups excluding tert-OH is 1. The molecule has 0 spiro atoms. The van der Waals surface area contributed by atoms with Crippen molar-refractivity contribution in [1.82, 2.24) is 5.32 Å². The monoisotopic (exact) mass is 203 g/mol. The Kier molecular flexibility index (Phi) is 5.15. The molecule has 0 aromatic carbocycles. The fourth-order valence-electron chi connectivity index (χ4n) is 0.861. The molecule has 0 aliphatic rings. The second-order valence-corrected chi connectivity index (χ2v) is 3.51. The average molecular weight is 203 g/mol. The fourth-order valence-corrected chi connectivity index (χ4v) is 0.861. The van der Waals surface area contributed by atoms with Crippen molar-refractivity contribution in [1.29, 1.82) is 0 Å². The zero-order valence-corrected chi connectivity index (χ0v) is 8.65. The average Bonchev–Trinajstić information content (AvgIpc) is 2.14. The number of rotatable bonds is 5. The number of nitrogens with one attached hydrogen (secondary N) is 1. The highest BCUT2D eigenvalue weighted by molar-refractivity contribution is 5.84. The van der Waals surface area contributed by atoms with Gasteiger partial charge in [-0.2, -0.15) is 0 Å². The third kappa shape index (κ3) is 3.74. The van der Waals surface area contributed by atoms with Crippen molar-refractivity contribution in [3.05, 3.63) is 0 Å². The molecule has 0 aliphatic carbocycles. The number of carboxylic acid groups (broad SMARTS) is 1. The van der Waals surface area contributed by atoms with Crippen LogP contribution in [0, 0.1) is 11.8 Å². The minimum atomic E-state index is -0.996. The van der Waals surface area contributed by atoms with Crippen LogP contribution < -0.4 is 5.32 Å². The molecular formula is C9H17NO4. The molecule has 0 saturated heterocycles. The van der Waals surface area contributed by atoms with Crippen molar-refractivity contribution in [2.75, 3.05) is 6.61 Å². The number of hydrogen-bond donors (Lipinski definition) is 3. The summed E-state index contributed by atoms with van der Waals surface area (Å²) in [7, 11) is 0. The Morgan fingerprint density at radius 2 is 1.71 bits per heavy atom. The summed E-state index contributed by atoms with van der Waals surface area (Å²) in [6, 6.07) is -0.342. The smallest absolute Gasteiger partial charge is 0.307 e. The van der Waals surface area contributed by atoms with Crippen LogP contribution in [0.4, 0.5) is 0 Å². The number of amides is 1. The van der Waals surface area contributed by atoms with Crippen molar-refractivity contribution < 1.29 is 19.8 Å². The molecule has 0 rings (SSSR count). The van der Waals surface area contributed by atoms with Crippen LogP contribution in [0.15, 0.2) is 0 Å². The topological polar surface area (TPSA) is 86.6 Å². The van der Waals surface area contributed by atoms with Crippen molar-refractivity contribution in [3.63, 3.8) is 0 Å². The highest BCUT2D eigenvalue weighted by Crippen LogP contribution is 2.11. The van der Waals surface area contributed by atoms with E-state index in [1.165, 1.54) is 6.92 Å². The normalized spacial score (nSPS) is 16.9. The first-order valence-electron chi connectivity index (χ1n) is 4.54. The van der Waals surface area contributed by atoms with Crippen LogP contribution in [0.5, 0.6) is 0 Å². The molecule has 14 heavy (non-hydrogen) atoms. The molecular weight excluding hydrogens is 186 g/mol. The Bertz CT molecular complexity index is 217. The van der Waals surface area contributed by atoms with Crippen LogP contribution in [0.2, 0.25) is 0 Å². The Morgan fingerprint density at radius 1 is 1.21 bits per heavy atom. The maximum absolute atomic E-state index is 11.4. The first kappa shape index (κ1) is 12.9. The van der Waals surface area contributed by atoms with E-state index in [9.17, 15) is 9.59 Å². The van der Waals surface area contributed by atoms with Gasteiger partial charge in [0.05, 0.1) is 12.5 Å². The molecule has 0 heterocycles. The van der Waals surface area contributed by atoms with Gasteiger partial charge in [-0.25, -0.2) is 0 Å². The van der Waals surface area contributed by atoms with E-state index >= 15 is 0 Å². The Morgan fingerprint density at radius 3 is 2.07 bits per heavy atom. The van der Waals surface area contributed by atoms with E-state index in [0.29, 0.717) is 0 Å². The minimum Gasteiger partial charge on any atom is -0.481 e. The van der Waals surface area contributed by atoms with Gasteiger partial charge in [-0.1, -0.05) is 13.8 Å². The van der Waals surface area contributed by atoms with Gasteiger partial charge in [0.25, 0.3) is 0 Å². The van der Waals surface area contributed by atoms with Crippen molar-refractivity contribution in [3.8, 4) is 0 Å². The highest BCUT2D eigenvalue weighted by Gasteiger charge is 2.26. The summed E-state index contributed by atoms with van der Waals surface area (Å²) in [5.41, 5.74) is 0. The Balaban J connectivity index is 4.18. The molecule has 0 saturated carbocycles. The number of hydrogen-bond acceptors (Lipinski definition) is 3. The minimum absolute atomic E-state index is 0.153. The summed E-state index contributed by atoms with van der Waals surface area (Å²) >= 11 is 0. The predicted molar refractivity (Wildman–Crippen MR) is 50.7 cm³/mol. The number of carbonyl (C=O) groups is 2. The molecule has 5 heteroatoms. The molecule has 82 valence electrons. The highest BCUT2D eigenvalue weighted by atomic mass is 16.4. The molecule has 5 nitrogen and oxygen atoms in total. The molecule has 0 aromatic heterocycles. The van der Waals surface area contributed by atoms with Crippen molar-refractivity contribution in [2.24, 2.45) is 11.8 Å². The first-order valence-corrected chi connectivity index (χ1v) is 4.54. The van der Waals surface area contributed by atoms with Crippen LogP contribution in [0.3, 0.4) is 0 Å². The molecule has 3 atom stereocenters. The lowest BCUT2D eigenvalue weighted by molar-refractivity contribution is -0.146. The van der Waals surface area contributed by atoms with E-state index in [0.717, 1.165) is 0 Å². The van der Waals surface area contributed by atoms with Gasteiger partial charge in [-0.05, 0) is 6.92 Å². The summed E-state index contributed by atoms with van der Waals surface area (Å²) in [4.78, 5) is 21.9. The number of carbonyl (C=O) groups excluding carboxylic acids is 1. The van der Waals surface area contributed by atoms with Crippen LogP contribution in [-0.2, 0) is 9.59 Å². The van der Waals surface area contributed by atoms with Gasteiger partial charge in [0.2, 0.25) is 5.91 Å². The molecule has 0 aromatic rings. The van der Waals surface area contributed by atoms with E-state index in [2.05, 4.69) is 5.32 Å². The van der Waals surface area contributed by atoms with Crippen molar-refractivity contribution in [2.45, 2.75) is 26.8 Å². The molecule has 0 aliphatic heterocycles. The molecule has 1 amide bonds.